The van der Waals surface area contributed by atoms with Gasteiger partial charge in [-0.15, -0.1) is 0 Å². The highest BCUT2D eigenvalue weighted by Gasteiger charge is 2.35. The van der Waals surface area contributed by atoms with Gasteiger partial charge in [-0.2, -0.15) is 23.0 Å². The molecule has 1 atom stereocenters. The van der Waals surface area contributed by atoms with Gasteiger partial charge in [-0.3, -0.25) is 9.36 Å². The van der Waals surface area contributed by atoms with E-state index >= 15 is 0 Å². The molecule has 0 aliphatic heterocycles. The van der Waals surface area contributed by atoms with Crippen LogP contribution in [0.2, 0.25) is 0 Å². The van der Waals surface area contributed by atoms with Gasteiger partial charge in [0.25, 0.3) is 5.56 Å². The van der Waals surface area contributed by atoms with Gasteiger partial charge in [0.05, 0.1) is 24.9 Å². The molecule has 2 N–H and O–H groups in total. The molecule has 0 saturated carbocycles. The summed E-state index contributed by atoms with van der Waals surface area (Å²) in [4.78, 5) is 26.7. The minimum Gasteiger partial charge on any atom is -0.497 e. The van der Waals surface area contributed by atoms with E-state index in [0.717, 1.165) is 27.4 Å². The summed E-state index contributed by atoms with van der Waals surface area (Å²) in [6.07, 6.45) is -5.67. The highest BCUT2D eigenvalue weighted by Crippen LogP contribution is 2.33. The Bertz CT molecular complexity index is 1530. The fraction of sp³-hybridized carbons (Fsp3) is 0.192. The number of alkyl halides is 3. The van der Waals surface area contributed by atoms with Crippen LogP contribution in [0.3, 0.4) is 0 Å². The topological polar surface area (TPSA) is 92.1 Å². The van der Waals surface area contributed by atoms with E-state index in [1.54, 1.807) is 42.5 Å². The van der Waals surface area contributed by atoms with E-state index in [-0.39, 0.29) is 12.2 Å². The summed E-state index contributed by atoms with van der Waals surface area (Å²) >= 11 is 0. The molecular weight excluding hydrogens is 492 g/mol. The third kappa shape index (κ3) is 5.46. The number of benzene rings is 3. The lowest BCUT2D eigenvalue weighted by Gasteiger charge is -2.17. The molecule has 0 aliphatic rings. The number of nitrogens with zero attached hydrogens (tertiary/aromatic N) is 3. The first kappa shape index (κ1) is 25.8. The molecule has 0 spiro atoms. The molecule has 4 aromatic rings. The van der Waals surface area contributed by atoms with Gasteiger partial charge in [0, 0.05) is 24.1 Å². The maximum atomic E-state index is 14.6. The highest BCUT2D eigenvalue weighted by atomic mass is 19.4. The number of hydrogen-bond donors (Lipinski definition) is 1. The zero-order valence-electron chi connectivity index (χ0n) is 19.6. The Balaban J connectivity index is 1.91. The van der Waals surface area contributed by atoms with Crippen LogP contribution in [0.15, 0.2) is 82.4 Å². The fourth-order valence-corrected chi connectivity index (χ4v) is 3.92. The Kier molecular flexibility index (Phi) is 7.25. The van der Waals surface area contributed by atoms with Crippen LogP contribution in [0.25, 0.3) is 5.69 Å². The van der Waals surface area contributed by atoms with Crippen LogP contribution in [0.5, 0.6) is 5.75 Å². The maximum Gasteiger partial charge on any atom is 0.416 e. The molecule has 3 aromatic carbocycles. The molecule has 0 aliphatic carbocycles. The fourth-order valence-electron chi connectivity index (χ4n) is 3.92. The van der Waals surface area contributed by atoms with Crippen LogP contribution in [0.4, 0.5) is 17.6 Å². The van der Waals surface area contributed by atoms with Gasteiger partial charge in [0.2, 0.25) is 0 Å². The lowest BCUT2D eigenvalue weighted by Crippen LogP contribution is -2.44. The summed E-state index contributed by atoms with van der Waals surface area (Å²) in [7, 11) is 1.41. The Morgan fingerprint density at radius 3 is 2.38 bits per heavy atom. The number of rotatable bonds is 7. The first-order chi connectivity index (χ1) is 17.6. The van der Waals surface area contributed by atoms with Crippen molar-refractivity contribution in [3.05, 3.63) is 122 Å². The molecule has 192 valence electrons. The van der Waals surface area contributed by atoms with E-state index in [1.165, 1.54) is 19.2 Å². The van der Waals surface area contributed by atoms with Crippen LogP contribution in [0.1, 0.15) is 28.4 Å². The van der Waals surface area contributed by atoms with Crippen LogP contribution < -0.4 is 21.7 Å². The molecule has 7 nitrogen and oxygen atoms in total. The van der Waals surface area contributed by atoms with Crippen molar-refractivity contribution in [1.82, 2.24) is 14.3 Å². The molecule has 0 amide bonds. The van der Waals surface area contributed by atoms with Gasteiger partial charge in [-0.1, -0.05) is 42.5 Å². The predicted octanol–water partition coefficient (Wildman–Crippen LogP) is 3.85. The smallest absolute Gasteiger partial charge is 0.416 e. The van der Waals surface area contributed by atoms with Gasteiger partial charge in [0.15, 0.2) is 0 Å². The molecule has 4 rings (SSSR count). The van der Waals surface area contributed by atoms with Crippen LogP contribution in [-0.4, -0.2) is 21.5 Å². The summed E-state index contributed by atoms with van der Waals surface area (Å²) in [6, 6.07) is 16.6. The lowest BCUT2D eigenvalue weighted by molar-refractivity contribution is -0.138. The predicted molar refractivity (Wildman–Crippen MR) is 128 cm³/mol. The SMILES string of the molecule is COc1cccc(-n2nc(Cc3c(F)cccc3C(F)(F)F)c(=O)n(CC(N)c3ccccc3)c2=O)c1. The first-order valence-corrected chi connectivity index (χ1v) is 11.1. The molecule has 0 radical (unpaired) electrons. The minimum atomic E-state index is -4.87. The van der Waals surface area contributed by atoms with Gasteiger partial charge in [-0.05, 0) is 29.8 Å². The van der Waals surface area contributed by atoms with Gasteiger partial charge >= 0.3 is 11.9 Å². The van der Waals surface area contributed by atoms with E-state index < -0.39 is 52.5 Å². The number of nitrogens with two attached hydrogens (primary N) is 1. The molecule has 0 saturated heterocycles. The van der Waals surface area contributed by atoms with Crippen LogP contribution >= 0.6 is 0 Å². The van der Waals surface area contributed by atoms with Crippen molar-refractivity contribution in [3.8, 4) is 11.4 Å². The number of halogens is 4. The third-order valence-corrected chi connectivity index (χ3v) is 5.80. The second-order valence-electron chi connectivity index (χ2n) is 8.22. The maximum absolute atomic E-state index is 14.6. The van der Waals surface area contributed by atoms with E-state index in [4.69, 9.17) is 10.5 Å². The summed E-state index contributed by atoms with van der Waals surface area (Å²) in [5, 5.41) is 4.06. The van der Waals surface area contributed by atoms with E-state index in [0.29, 0.717) is 11.3 Å². The first-order valence-electron chi connectivity index (χ1n) is 11.1. The molecule has 1 unspecified atom stereocenters. The summed E-state index contributed by atoms with van der Waals surface area (Å²) in [6.45, 7) is -0.287. The largest absolute Gasteiger partial charge is 0.497 e. The second-order valence-corrected chi connectivity index (χ2v) is 8.22. The van der Waals surface area contributed by atoms with Gasteiger partial charge in [0.1, 0.15) is 17.3 Å². The van der Waals surface area contributed by atoms with Gasteiger partial charge in [-0.25, -0.2) is 9.18 Å². The summed E-state index contributed by atoms with van der Waals surface area (Å²) in [5.74, 6) is -0.775. The highest BCUT2D eigenvalue weighted by molar-refractivity contribution is 5.39. The van der Waals surface area contributed by atoms with E-state index in [1.807, 2.05) is 0 Å². The quantitative estimate of drug-likeness (QED) is 0.379. The van der Waals surface area contributed by atoms with Crippen molar-refractivity contribution in [1.29, 1.82) is 0 Å². The number of methoxy groups -OCH3 is 1. The van der Waals surface area contributed by atoms with Crippen molar-refractivity contribution in [2.24, 2.45) is 5.73 Å². The van der Waals surface area contributed by atoms with Crippen LogP contribution in [0, 0.1) is 5.82 Å². The minimum absolute atomic E-state index is 0.192. The van der Waals surface area contributed by atoms with Crippen molar-refractivity contribution in [2.45, 2.75) is 25.2 Å². The van der Waals surface area contributed by atoms with Crippen molar-refractivity contribution < 1.29 is 22.3 Å². The zero-order chi connectivity index (χ0) is 26.7. The lowest BCUT2D eigenvalue weighted by atomic mass is 10.0. The average Bonchev–Trinajstić information content (AvgIpc) is 2.88. The summed E-state index contributed by atoms with van der Waals surface area (Å²) < 4.78 is 62.3. The molecule has 11 heteroatoms. The third-order valence-electron chi connectivity index (χ3n) is 5.80. The Labute approximate surface area is 208 Å². The summed E-state index contributed by atoms with van der Waals surface area (Å²) in [5.41, 5.74) is 2.80. The van der Waals surface area contributed by atoms with Crippen molar-refractivity contribution >= 4 is 0 Å². The Morgan fingerprint density at radius 2 is 1.70 bits per heavy atom. The molecule has 1 heterocycles. The number of hydrogen-bond acceptors (Lipinski definition) is 5. The van der Waals surface area contributed by atoms with E-state index in [9.17, 15) is 27.2 Å². The Morgan fingerprint density at radius 1 is 1.00 bits per heavy atom. The second kappa shape index (κ2) is 10.4. The monoisotopic (exact) mass is 514 g/mol. The standard InChI is InChI=1S/C26H22F4N4O3/c1-37-18-10-5-9-17(13-18)34-25(36)33(15-22(31)16-7-3-2-4-8-16)24(35)23(32-34)14-19-20(26(28,29)30)11-6-12-21(19)27/h2-13,22H,14-15,31H2,1H3. The van der Waals surface area contributed by atoms with Crippen molar-refractivity contribution in [2.75, 3.05) is 7.11 Å². The average molecular weight is 514 g/mol. The molecule has 37 heavy (non-hydrogen) atoms. The molecule has 1 aromatic heterocycles. The molecular formula is C26H22F4N4O3. The zero-order valence-corrected chi connectivity index (χ0v) is 19.6. The number of ether oxygens (including phenoxy) is 1. The molecule has 0 fully saturated rings. The Hall–Kier alpha value is -4.25. The van der Waals surface area contributed by atoms with Crippen molar-refractivity contribution in [3.63, 3.8) is 0 Å². The van der Waals surface area contributed by atoms with E-state index in [2.05, 4.69) is 5.10 Å². The molecule has 0 bridgehead atoms. The van der Waals surface area contributed by atoms with Gasteiger partial charge < -0.3 is 10.5 Å². The number of aromatic nitrogens is 3. The normalized spacial score (nSPS) is 12.4. The van der Waals surface area contributed by atoms with Crippen LogP contribution in [-0.2, 0) is 19.1 Å².